The quantitative estimate of drug-likeness (QED) is 0.464. The Kier molecular flexibility index (Phi) is 7.43. The van der Waals surface area contributed by atoms with E-state index in [1.165, 1.54) is 4.90 Å². The Morgan fingerprint density at radius 1 is 1.28 bits per heavy atom. The molecule has 3 amide bonds. The fraction of sp³-hybridized carbons (Fsp3) is 0.667. The molecule has 1 aromatic carbocycles. The molecule has 0 aromatic heterocycles. The van der Waals surface area contributed by atoms with Crippen LogP contribution in [0.4, 0.5) is 5.69 Å². The number of benzene rings is 1. The average Bonchev–Trinajstić information content (AvgIpc) is 3.41. The number of carbonyl (C=O) groups excluding carboxylic acids is 3. The van der Waals surface area contributed by atoms with E-state index < -0.39 is 41.0 Å². The summed E-state index contributed by atoms with van der Waals surface area (Å²) < 4.78 is 6.63. The third-order valence-electron chi connectivity index (χ3n) is 8.61. The van der Waals surface area contributed by atoms with Crippen molar-refractivity contribution in [2.75, 3.05) is 18.5 Å². The van der Waals surface area contributed by atoms with Gasteiger partial charge in [0.25, 0.3) is 0 Å². The number of hydrogen-bond acceptors (Lipinski definition) is 5. The normalized spacial score (nSPS) is 32.4. The number of carbonyl (C=O) groups is 3. The van der Waals surface area contributed by atoms with Gasteiger partial charge in [-0.1, -0.05) is 50.9 Å². The molecule has 8 nitrogen and oxygen atoms in total. The summed E-state index contributed by atoms with van der Waals surface area (Å²) in [4.78, 5) is 43.1. The number of nitrogens with zero attached hydrogens (tertiary/aromatic N) is 1. The van der Waals surface area contributed by atoms with E-state index in [-0.39, 0.29) is 24.3 Å². The van der Waals surface area contributed by atoms with Crippen LogP contribution in [0.15, 0.2) is 18.2 Å². The first-order valence-electron chi connectivity index (χ1n) is 13.0. The first kappa shape index (κ1) is 26.9. The fourth-order valence-electron chi connectivity index (χ4n) is 6.58. The highest BCUT2D eigenvalue weighted by Gasteiger charge is 2.78. The van der Waals surface area contributed by atoms with Crippen molar-refractivity contribution in [3.8, 4) is 0 Å². The van der Waals surface area contributed by atoms with Gasteiger partial charge in [-0.15, -0.1) is 0 Å². The molecule has 3 N–H and O–H groups in total. The van der Waals surface area contributed by atoms with Crippen LogP contribution in [0.5, 0.6) is 0 Å². The van der Waals surface area contributed by atoms with Crippen molar-refractivity contribution in [3.63, 3.8) is 0 Å². The molecule has 2 bridgehead atoms. The van der Waals surface area contributed by atoms with Crippen LogP contribution in [0.2, 0.25) is 5.02 Å². The highest BCUT2D eigenvalue weighted by atomic mass is 35.5. The minimum absolute atomic E-state index is 0.0633. The molecule has 4 rings (SSSR count). The second-order valence-electron chi connectivity index (χ2n) is 10.8. The topological polar surface area (TPSA) is 108 Å². The number of likely N-dealkylation sites (tertiary alicyclic amines) is 1. The third kappa shape index (κ3) is 4.02. The van der Waals surface area contributed by atoms with Crippen LogP contribution in [0.1, 0.15) is 58.9 Å². The van der Waals surface area contributed by atoms with Crippen molar-refractivity contribution in [3.05, 3.63) is 28.8 Å². The van der Waals surface area contributed by atoms with Crippen molar-refractivity contribution < 1.29 is 24.2 Å². The summed E-state index contributed by atoms with van der Waals surface area (Å²) in [6, 6.07) is 3.77. The lowest BCUT2D eigenvalue weighted by Gasteiger charge is -2.39. The zero-order valence-electron chi connectivity index (χ0n) is 21.8. The molecule has 0 saturated carbocycles. The van der Waals surface area contributed by atoms with Crippen LogP contribution in [0.3, 0.4) is 0 Å². The number of para-hydroxylation sites is 1. The molecule has 3 saturated heterocycles. The number of ether oxygens (including phenoxy) is 1. The largest absolute Gasteiger partial charge is 0.394 e. The number of aryl methyl sites for hydroxylation is 1. The molecule has 7 atom stereocenters. The maximum Gasteiger partial charge on any atom is 0.250 e. The number of anilines is 1. The van der Waals surface area contributed by atoms with Crippen molar-refractivity contribution in [1.29, 1.82) is 0 Å². The minimum Gasteiger partial charge on any atom is -0.394 e. The van der Waals surface area contributed by atoms with Gasteiger partial charge in [-0.05, 0) is 50.7 Å². The SMILES string of the molecule is CCCNC(=O)[C@@H]1[C@H]2C(=O)N([C@@H](CO)[C@@H](C)CC)C(C(=O)Nc3c(C)cccc3Cl)C23CC[C@@]1(C)O3. The molecule has 1 aromatic rings. The van der Waals surface area contributed by atoms with Gasteiger partial charge in [-0.25, -0.2) is 0 Å². The van der Waals surface area contributed by atoms with E-state index >= 15 is 0 Å². The molecule has 198 valence electrons. The molecule has 36 heavy (non-hydrogen) atoms. The zero-order chi connectivity index (χ0) is 26.4. The molecule has 9 heteroatoms. The van der Waals surface area contributed by atoms with E-state index in [1.807, 2.05) is 40.7 Å². The van der Waals surface area contributed by atoms with E-state index in [4.69, 9.17) is 16.3 Å². The lowest BCUT2D eigenvalue weighted by Crippen LogP contribution is -2.57. The molecular weight excluding hydrogens is 482 g/mol. The number of fused-ring (bicyclic) bond motifs is 1. The number of hydrogen-bond donors (Lipinski definition) is 3. The summed E-state index contributed by atoms with van der Waals surface area (Å²) in [6.45, 7) is 9.85. The average molecular weight is 520 g/mol. The zero-order valence-corrected chi connectivity index (χ0v) is 22.5. The van der Waals surface area contributed by atoms with Gasteiger partial charge >= 0.3 is 0 Å². The van der Waals surface area contributed by atoms with Gasteiger partial charge < -0.3 is 25.4 Å². The minimum atomic E-state index is -1.15. The van der Waals surface area contributed by atoms with Crippen LogP contribution in [0.25, 0.3) is 0 Å². The number of aliphatic hydroxyl groups is 1. The summed E-state index contributed by atoms with van der Waals surface area (Å²) in [6.07, 6.45) is 2.53. The molecule has 2 unspecified atom stereocenters. The van der Waals surface area contributed by atoms with Gasteiger partial charge in [0.05, 0.1) is 40.8 Å². The Morgan fingerprint density at radius 3 is 2.61 bits per heavy atom. The van der Waals surface area contributed by atoms with Crippen LogP contribution in [-0.4, -0.2) is 64.2 Å². The first-order valence-corrected chi connectivity index (χ1v) is 13.4. The monoisotopic (exact) mass is 519 g/mol. The molecule has 0 aliphatic carbocycles. The van der Waals surface area contributed by atoms with Crippen molar-refractivity contribution in [2.24, 2.45) is 17.8 Å². The molecule has 1 spiro atoms. The summed E-state index contributed by atoms with van der Waals surface area (Å²) in [7, 11) is 0. The van der Waals surface area contributed by atoms with Crippen molar-refractivity contribution in [1.82, 2.24) is 10.2 Å². The molecule has 0 radical (unpaired) electrons. The summed E-state index contributed by atoms with van der Waals surface area (Å²) in [5.41, 5.74) is -0.715. The highest BCUT2D eigenvalue weighted by Crippen LogP contribution is 2.63. The maximum absolute atomic E-state index is 14.2. The van der Waals surface area contributed by atoms with E-state index in [0.29, 0.717) is 36.5 Å². The van der Waals surface area contributed by atoms with Crippen molar-refractivity contribution in [2.45, 2.75) is 83.6 Å². The van der Waals surface area contributed by atoms with Crippen molar-refractivity contribution >= 4 is 35.0 Å². The van der Waals surface area contributed by atoms with Gasteiger partial charge in [0.2, 0.25) is 17.7 Å². The molecule has 3 aliphatic heterocycles. The van der Waals surface area contributed by atoms with Gasteiger partial charge in [0, 0.05) is 6.54 Å². The van der Waals surface area contributed by atoms with Gasteiger partial charge in [-0.3, -0.25) is 14.4 Å². The number of halogens is 1. The molecule has 3 aliphatic rings. The predicted octanol–water partition coefficient (Wildman–Crippen LogP) is 3.28. The van der Waals surface area contributed by atoms with E-state index in [9.17, 15) is 19.5 Å². The number of aliphatic hydroxyl groups excluding tert-OH is 1. The van der Waals surface area contributed by atoms with Gasteiger partial charge in [0.15, 0.2) is 0 Å². The Morgan fingerprint density at radius 2 is 2.00 bits per heavy atom. The maximum atomic E-state index is 14.2. The smallest absolute Gasteiger partial charge is 0.250 e. The van der Waals surface area contributed by atoms with E-state index in [1.54, 1.807) is 12.1 Å². The molecular formula is C27H38ClN3O5. The number of amides is 3. The highest BCUT2D eigenvalue weighted by molar-refractivity contribution is 6.34. The Labute approximate surface area is 218 Å². The summed E-state index contributed by atoms with van der Waals surface area (Å²) in [5.74, 6) is -2.50. The van der Waals surface area contributed by atoms with Gasteiger partial charge in [-0.2, -0.15) is 0 Å². The Hall–Kier alpha value is -2.16. The lowest BCUT2D eigenvalue weighted by molar-refractivity contribution is -0.149. The van der Waals surface area contributed by atoms with E-state index in [2.05, 4.69) is 10.6 Å². The van der Waals surface area contributed by atoms with E-state index in [0.717, 1.165) is 12.0 Å². The van der Waals surface area contributed by atoms with Crippen LogP contribution >= 0.6 is 11.6 Å². The van der Waals surface area contributed by atoms with Crippen LogP contribution in [0, 0.1) is 24.7 Å². The number of rotatable bonds is 9. The molecule has 3 heterocycles. The number of nitrogens with one attached hydrogen (secondary N) is 2. The second-order valence-corrected chi connectivity index (χ2v) is 11.2. The Bertz CT molecular complexity index is 1030. The van der Waals surface area contributed by atoms with Gasteiger partial charge in [0.1, 0.15) is 11.6 Å². The predicted molar refractivity (Wildman–Crippen MR) is 138 cm³/mol. The summed E-state index contributed by atoms with van der Waals surface area (Å²) in [5, 5.41) is 16.7. The van der Waals surface area contributed by atoms with Crippen LogP contribution < -0.4 is 10.6 Å². The van der Waals surface area contributed by atoms with Crippen LogP contribution in [-0.2, 0) is 19.1 Å². The standard InChI is InChI=1S/C27H38ClN3O5/c1-6-13-29-23(33)19-20-25(35)31(18(14-32)15(3)7-2)22(27(20)12-11-26(19,5)36-27)24(34)30-21-16(4)9-8-10-17(21)28/h8-10,15,18-20,22,32H,6-7,11-14H2,1-5H3,(H,29,33)(H,30,34)/t15-,18-,19-,20-,22?,26+,27?/m0/s1. The third-order valence-corrected chi connectivity index (χ3v) is 8.92. The summed E-state index contributed by atoms with van der Waals surface area (Å²) >= 11 is 6.41. The Balaban J connectivity index is 1.80. The second kappa shape index (κ2) is 9.95. The fourth-order valence-corrected chi connectivity index (χ4v) is 6.84. The lowest BCUT2D eigenvalue weighted by atomic mass is 9.66. The molecule has 3 fully saturated rings. The first-order chi connectivity index (χ1) is 17.1.